The van der Waals surface area contributed by atoms with Crippen molar-refractivity contribution in [3.63, 3.8) is 0 Å². The number of carbonyl (C=O) groups is 3. The number of carbonyl (C=O) groups excluding carboxylic acids is 3. The lowest BCUT2D eigenvalue weighted by Crippen LogP contribution is -2.65. The highest BCUT2D eigenvalue weighted by atomic mass is 35.5. The van der Waals surface area contributed by atoms with E-state index in [1.54, 1.807) is 32.0 Å². The number of fused-ring (bicyclic) bond motifs is 1. The first kappa shape index (κ1) is 24.3. The fourth-order valence-electron chi connectivity index (χ4n) is 4.90. The van der Waals surface area contributed by atoms with E-state index in [-0.39, 0.29) is 36.5 Å². The summed E-state index contributed by atoms with van der Waals surface area (Å²) in [6, 6.07) is 6.73. The van der Waals surface area contributed by atoms with Crippen LogP contribution in [0.15, 0.2) is 24.3 Å². The molecule has 4 rings (SSSR count). The van der Waals surface area contributed by atoms with Gasteiger partial charge in [0.25, 0.3) is 5.91 Å². The van der Waals surface area contributed by atoms with Crippen molar-refractivity contribution in [3.05, 3.63) is 46.2 Å². The van der Waals surface area contributed by atoms with Crippen LogP contribution in [0.1, 0.15) is 78.9 Å². The number of nitrogens with one attached hydrogen (secondary N) is 1. The summed E-state index contributed by atoms with van der Waals surface area (Å²) in [6.45, 7) is 5.62. The Morgan fingerprint density at radius 3 is 2.56 bits per heavy atom. The fraction of sp³-hybridized carbons (Fsp3) is 0.520. The highest BCUT2D eigenvalue weighted by molar-refractivity contribution is 6.30. The van der Waals surface area contributed by atoms with Crippen LogP contribution in [0.4, 0.5) is 5.69 Å². The average molecular weight is 487 g/mol. The molecule has 1 aromatic heterocycles. The predicted molar refractivity (Wildman–Crippen MR) is 129 cm³/mol. The average Bonchev–Trinajstić information content (AvgIpc) is 3.04. The molecule has 1 aliphatic heterocycles. The predicted octanol–water partition coefficient (Wildman–Crippen LogP) is 4.28. The molecule has 1 fully saturated rings. The third-order valence-corrected chi connectivity index (χ3v) is 6.95. The van der Waals surface area contributed by atoms with Gasteiger partial charge in [0.2, 0.25) is 5.91 Å². The lowest BCUT2D eigenvalue weighted by Gasteiger charge is -2.44. The minimum Gasteiger partial charge on any atom is -0.461 e. The minimum atomic E-state index is -1.26. The maximum Gasteiger partial charge on any atom is 0.358 e. The summed E-state index contributed by atoms with van der Waals surface area (Å²) in [5.41, 5.74) is 0.391. The number of rotatable bonds is 5. The first-order valence-electron chi connectivity index (χ1n) is 11.9. The molecule has 1 atom stereocenters. The number of hydrogen-bond donors (Lipinski definition) is 1. The Bertz CT molecular complexity index is 1110. The summed E-state index contributed by atoms with van der Waals surface area (Å²) in [4.78, 5) is 41.4. The van der Waals surface area contributed by atoms with Crippen molar-refractivity contribution in [1.29, 1.82) is 0 Å². The summed E-state index contributed by atoms with van der Waals surface area (Å²) in [5, 5.41) is 8.07. The van der Waals surface area contributed by atoms with Crippen LogP contribution < -0.4 is 10.2 Å². The van der Waals surface area contributed by atoms with Crippen LogP contribution in [-0.4, -0.2) is 45.8 Å². The maximum absolute atomic E-state index is 13.8. The van der Waals surface area contributed by atoms with Gasteiger partial charge in [-0.15, -0.1) is 0 Å². The smallest absolute Gasteiger partial charge is 0.358 e. The molecule has 1 aliphatic carbocycles. The third-order valence-electron chi connectivity index (χ3n) is 6.72. The van der Waals surface area contributed by atoms with Gasteiger partial charge >= 0.3 is 5.97 Å². The standard InChI is InChI=1S/C25H31ClN4O4/c1-4-34-23(32)19-14-21-22(31)30(20-12-11-17(26)13-16(20)2)25(3,15-29(21)28-19)24(33)27-18-9-7-5-6-8-10-18/h11-14,18H,4-10,15H2,1-3H3,(H,27,33)/t25-/m1/s1. The number of hydrogen-bond acceptors (Lipinski definition) is 5. The number of anilines is 1. The molecule has 8 nitrogen and oxygen atoms in total. The summed E-state index contributed by atoms with van der Waals surface area (Å²) >= 11 is 6.17. The zero-order valence-electron chi connectivity index (χ0n) is 19.9. The van der Waals surface area contributed by atoms with E-state index >= 15 is 0 Å². The molecule has 1 N–H and O–H groups in total. The molecule has 2 amide bonds. The van der Waals surface area contributed by atoms with Gasteiger partial charge in [0.15, 0.2) is 5.69 Å². The van der Waals surface area contributed by atoms with Crippen molar-refractivity contribution in [1.82, 2.24) is 15.1 Å². The lowest BCUT2D eigenvalue weighted by molar-refractivity contribution is -0.127. The van der Waals surface area contributed by atoms with E-state index in [0.29, 0.717) is 10.7 Å². The topological polar surface area (TPSA) is 93.5 Å². The molecule has 0 radical (unpaired) electrons. The van der Waals surface area contributed by atoms with Gasteiger partial charge in [-0.25, -0.2) is 4.79 Å². The molecule has 2 aromatic rings. The molecule has 0 unspecified atom stereocenters. The Morgan fingerprint density at radius 1 is 1.21 bits per heavy atom. The first-order valence-corrected chi connectivity index (χ1v) is 12.3. The molecule has 34 heavy (non-hydrogen) atoms. The van der Waals surface area contributed by atoms with Crippen LogP contribution in [0.5, 0.6) is 0 Å². The highest BCUT2D eigenvalue weighted by Crippen LogP contribution is 2.36. The molecule has 0 bridgehead atoms. The first-order chi connectivity index (χ1) is 16.2. The van der Waals surface area contributed by atoms with Gasteiger partial charge in [-0.3, -0.25) is 19.2 Å². The number of benzene rings is 1. The van der Waals surface area contributed by atoms with Crippen LogP contribution in [-0.2, 0) is 16.1 Å². The van der Waals surface area contributed by atoms with Crippen molar-refractivity contribution in [2.45, 2.75) is 77.4 Å². The number of aryl methyl sites for hydroxylation is 1. The second-order valence-corrected chi connectivity index (χ2v) is 9.74. The Labute approximate surface area is 204 Å². The summed E-state index contributed by atoms with van der Waals surface area (Å²) in [7, 11) is 0. The van der Waals surface area contributed by atoms with Gasteiger partial charge < -0.3 is 10.1 Å². The monoisotopic (exact) mass is 486 g/mol. The second-order valence-electron chi connectivity index (χ2n) is 9.30. The van der Waals surface area contributed by atoms with Crippen molar-refractivity contribution < 1.29 is 19.1 Å². The van der Waals surface area contributed by atoms with Crippen molar-refractivity contribution in [3.8, 4) is 0 Å². The van der Waals surface area contributed by atoms with E-state index in [9.17, 15) is 14.4 Å². The van der Waals surface area contributed by atoms with Crippen LogP contribution >= 0.6 is 11.6 Å². The van der Waals surface area contributed by atoms with E-state index in [1.165, 1.54) is 28.5 Å². The maximum atomic E-state index is 13.8. The van der Waals surface area contributed by atoms with Gasteiger partial charge in [0, 0.05) is 22.8 Å². The van der Waals surface area contributed by atoms with Crippen LogP contribution in [0.2, 0.25) is 5.02 Å². The van der Waals surface area contributed by atoms with Gasteiger partial charge in [-0.05, 0) is 57.4 Å². The van der Waals surface area contributed by atoms with Crippen LogP contribution in [0, 0.1) is 6.92 Å². The van der Waals surface area contributed by atoms with Crippen molar-refractivity contribution in [2.24, 2.45) is 0 Å². The number of amides is 2. The minimum absolute atomic E-state index is 0.0476. The zero-order chi connectivity index (χ0) is 24.5. The molecular formula is C25H31ClN4O4. The van der Waals surface area contributed by atoms with Gasteiger partial charge in [0.05, 0.1) is 13.2 Å². The molecule has 182 valence electrons. The SMILES string of the molecule is CCOC(=O)c1cc2n(n1)C[C@](C)(C(=O)NC1CCCCCC1)N(c1ccc(Cl)cc1C)C2=O. The quantitative estimate of drug-likeness (QED) is 0.503. The molecule has 0 saturated heterocycles. The molecule has 2 heterocycles. The molecule has 1 aromatic carbocycles. The normalized spacial score (nSPS) is 21.1. The number of halogens is 1. The molecule has 2 aliphatic rings. The fourth-order valence-corrected chi connectivity index (χ4v) is 5.12. The van der Waals surface area contributed by atoms with Gasteiger partial charge in [-0.2, -0.15) is 5.10 Å². The largest absolute Gasteiger partial charge is 0.461 e. The van der Waals surface area contributed by atoms with Crippen molar-refractivity contribution >= 4 is 35.1 Å². The summed E-state index contributed by atoms with van der Waals surface area (Å²) in [6.07, 6.45) is 6.35. The number of nitrogens with zero attached hydrogens (tertiary/aromatic N) is 3. The van der Waals surface area contributed by atoms with Crippen LogP contribution in [0.25, 0.3) is 0 Å². The highest BCUT2D eigenvalue weighted by Gasteiger charge is 2.50. The van der Waals surface area contributed by atoms with Crippen molar-refractivity contribution in [2.75, 3.05) is 11.5 Å². The Kier molecular flexibility index (Phi) is 6.98. The second kappa shape index (κ2) is 9.78. The molecule has 0 spiro atoms. The lowest BCUT2D eigenvalue weighted by atomic mass is 9.92. The molecule has 1 saturated carbocycles. The van der Waals surface area contributed by atoms with E-state index in [1.807, 2.05) is 6.92 Å². The number of aromatic nitrogens is 2. The van der Waals surface area contributed by atoms with E-state index < -0.39 is 17.4 Å². The van der Waals surface area contributed by atoms with Gasteiger partial charge in [0.1, 0.15) is 11.2 Å². The number of ether oxygens (including phenoxy) is 1. The molecular weight excluding hydrogens is 456 g/mol. The summed E-state index contributed by atoms with van der Waals surface area (Å²) in [5.74, 6) is -1.24. The zero-order valence-corrected chi connectivity index (χ0v) is 20.7. The van der Waals surface area contributed by atoms with Crippen LogP contribution in [0.3, 0.4) is 0 Å². The number of esters is 1. The Balaban J connectivity index is 1.76. The van der Waals surface area contributed by atoms with E-state index in [4.69, 9.17) is 16.3 Å². The van der Waals surface area contributed by atoms with E-state index in [2.05, 4.69) is 10.4 Å². The summed E-state index contributed by atoms with van der Waals surface area (Å²) < 4.78 is 6.51. The Morgan fingerprint density at radius 2 is 1.91 bits per heavy atom. The van der Waals surface area contributed by atoms with E-state index in [0.717, 1.165) is 31.2 Å². The molecule has 9 heteroatoms. The van der Waals surface area contributed by atoms with Gasteiger partial charge in [-0.1, -0.05) is 37.3 Å². The Hall–Kier alpha value is -2.87. The third kappa shape index (κ3) is 4.56.